The highest BCUT2D eigenvalue weighted by molar-refractivity contribution is 5.78. The largest absolute Gasteiger partial charge is 0.467 e. The van der Waals surface area contributed by atoms with Crippen LogP contribution in [0.4, 0.5) is 5.82 Å². The number of imidazole rings is 1. The van der Waals surface area contributed by atoms with Gasteiger partial charge >= 0.3 is 5.97 Å². The fourth-order valence-electron chi connectivity index (χ4n) is 1.52. The number of ether oxygens (including phenoxy) is 1. The first-order valence-electron chi connectivity index (χ1n) is 4.99. The van der Waals surface area contributed by atoms with Gasteiger partial charge in [-0.2, -0.15) is 0 Å². The van der Waals surface area contributed by atoms with Gasteiger partial charge in [0, 0.05) is 12.4 Å². The Balaban J connectivity index is 2.27. The number of rotatable bonds is 3. The lowest BCUT2D eigenvalue weighted by molar-refractivity contribution is -0.141. The molecule has 2 aromatic rings. The van der Waals surface area contributed by atoms with Crippen LogP contribution < -0.4 is 5.32 Å². The molecule has 0 aliphatic rings. The van der Waals surface area contributed by atoms with Gasteiger partial charge in [-0.05, 0) is 19.1 Å². The Kier molecular flexibility index (Phi) is 2.76. The maximum atomic E-state index is 11.3. The number of esters is 1. The molecular weight excluding hydrogens is 206 g/mol. The average Bonchev–Trinajstić information content (AvgIpc) is 2.77. The van der Waals surface area contributed by atoms with Gasteiger partial charge in [0.15, 0.2) is 0 Å². The third-order valence-electron chi connectivity index (χ3n) is 2.35. The van der Waals surface area contributed by atoms with Gasteiger partial charge in [0.1, 0.15) is 17.5 Å². The standard InChI is InChI=1S/C11H13N3O2/c1-8(11(15)16-2)13-10-5-3-4-9-12-6-7-14(9)10/h3-8,13H,1-2H3. The normalized spacial score (nSPS) is 12.4. The van der Waals surface area contributed by atoms with Crippen LogP contribution in [0, 0.1) is 0 Å². The molecule has 84 valence electrons. The van der Waals surface area contributed by atoms with E-state index in [4.69, 9.17) is 0 Å². The zero-order chi connectivity index (χ0) is 11.5. The van der Waals surface area contributed by atoms with E-state index in [0.29, 0.717) is 0 Å². The van der Waals surface area contributed by atoms with Crippen LogP contribution in [0.25, 0.3) is 5.65 Å². The van der Waals surface area contributed by atoms with Crippen molar-refractivity contribution in [2.24, 2.45) is 0 Å². The zero-order valence-electron chi connectivity index (χ0n) is 9.18. The molecule has 0 spiro atoms. The van der Waals surface area contributed by atoms with Crippen molar-refractivity contribution in [2.45, 2.75) is 13.0 Å². The number of hydrogen-bond acceptors (Lipinski definition) is 4. The molecule has 2 rings (SSSR count). The molecule has 1 atom stereocenters. The van der Waals surface area contributed by atoms with Gasteiger partial charge < -0.3 is 10.1 Å². The van der Waals surface area contributed by atoms with Crippen molar-refractivity contribution in [1.29, 1.82) is 0 Å². The highest BCUT2D eigenvalue weighted by Gasteiger charge is 2.13. The topological polar surface area (TPSA) is 55.6 Å². The highest BCUT2D eigenvalue weighted by Crippen LogP contribution is 2.12. The monoisotopic (exact) mass is 219 g/mol. The van der Waals surface area contributed by atoms with Gasteiger partial charge in [0.2, 0.25) is 0 Å². The van der Waals surface area contributed by atoms with E-state index in [1.807, 2.05) is 28.8 Å². The van der Waals surface area contributed by atoms with E-state index in [1.54, 1.807) is 13.1 Å². The molecule has 0 aliphatic heterocycles. The van der Waals surface area contributed by atoms with Gasteiger partial charge in [0.05, 0.1) is 7.11 Å². The molecule has 2 heterocycles. The second kappa shape index (κ2) is 4.22. The van der Waals surface area contributed by atoms with E-state index in [-0.39, 0.29) is 5.97 Å². The first-order valence-corrected chi connectivity index (χ1v) is 4.99. The van der Waals surface area contributed by atoms with Crippen molar-refractivity contribution in [1.82, 2.24) is 9.38 Å². The summed E-state index contributed by atoms with van der Waals surface area (Å²) in [6.07, 6.45) is 3.55. The van der Waals surface area contributed by atoms with Gasteiger partial charge in [-0.1, -0.05) is 6.07 Å². The summed E-state index contributed by atoms with van der Waals surface area (Å²) in [6.45, 7) is 1.75. The number of carbonyl (C=O) groups is 1. The Morgan fingerprint density at radius 3 is 3.12 bits per heavy atom. The van der Waals surface area contributed by atoms with Crippen LogP contribution in [0.2, 0.25) is 0 Å². The maximum Gasteiger partial charge on any atom is 0.328 e. The minimum absolute atomic E-state index is 0.294. The van der Waals surface area contributed by atoms with Gasteiger partial charge in [-0.15, -0.1) is 0 Å². The van der Waals surface area contributed by atoms with Crippen molar-refractivity contribution >= 4 is 17.4 Å². The fourth-order valence-corrected chi connectivity index (χ4v) is 1.52. The number of methoxy groups -OCH3 is 1. The number of aromatic nitrogens is 2. The van der Waals surface area contributed by atoms with Crippen LogP contribution in [0.5, 0.6) is 0 Å². The predicted molar refractivity (Wildman–Crippen MR) is 60.3 cm³/mol. The third-order valence-corrected chi connectivity index (χ3v) is 2.35. The van der Waals surface area contributed by atoms with E-state index >= 15 is 0 Å². The van der Waals surface area contributed by atoms with E-state index in [2.05, 4.69) is 15.0 Å². The smallest absolute Gasteiger partial charge is 0.328 e. The molecule has 0 saturated carbocycles. The molecule has 0 radical (unpaired) electrons. The van der Waals surface area contributed by atoms with Crippen molar-refractivity contribution < 1.29 is 9.53 Å². The molecule has 1 N–H and O–H groups in total. The average molecular weight is 219 g/mol. The van der Waals surface area contributed by atoms with E-state index in [0.717, 1.165) is 11.5 Å². The van der Waals surface area contributed by atoms with Gasteiger partial charge in [-0.25, -0.2) is 9.78 Å². The summed E-state index contributed by atoms with van der Waals surface area (Å²) in [7, 11) is 1.37. The number of pyridine rings is 1. The number of nitrogens with zero attached hydrogens (tertiary/aromatic N) is 2. The molecule has 5 nitrogen and oxygen atoms in total. The quantitative estimate of drug-likeness (QED) is 0.791. The Bertz CT molecular complexity index is 507. The predicted octanol–water partition coefficient (Wildman–Crippen LogP) is 1.31. The summed E-state index contributed by atoms with van der Waals surface area (Å²) in [5.74, 6) is 0.519. The minimum atomic E-state index is -0.391. The fraction of sp³-hybridized carbons (Fsp3) is 0.273. The number of nitrogens with one attached hydrogen (secondary N) is 1. The first-order chi connectivity index (χ1) is 7.72. The molecule has 2 aromatic heterocycles. The van der Waals surface area contributed by atoms with Crippen LogP contribution >= 0.6 is 0 Å². The number of hydrogen-bond donors (Lipinski definition) is 1. The van der Waals surface area contributed by atoms with Crippen molar-refractivity contribution in [3.63, 3.8) is 0 Å². The molecular formula is C11H13N3O2. The molecule has 0 fully saturated rings. The molecule has 5 heteroatoms. The highest BCUT2D eigenvalue weighted by atomic mass is 16.5. The molecule has 0 aromatic carbocycles. The van der Waals surface area contributed by atoms with E-state index in [9.17, 15) is 4.79 Å². The van der Waals surface area contributed by atoms with E-state index in [1.165, 1.54) is 7.11 Å². The number of carbonyl (C=O) groups excluding carboxylic acids is 1. The van der Waals surface area contributed by atoms with Gasteiger partial charge in [0.25, 0.3) is 0 Å². The van der Waals surface area contributed by atoms with Crippen molar-refractivity contribution in [3.05, 3.63) is 30.6 Å². The third kappa shape index (κ3) is 1.84. The van der Waals surface area contributed by atoms with Crippen LogP contribution in [0.1, 0.15) is 6.92 Å². The van der Waals surface area contributed by atoms with Crippen molar-refractivity contribution in [3.8, 4) is 0 Å². The van der Waals surface area contributed by atoms with Crippen LogP contribution in [0.15, 0.2) is 30.6 Å². The summed E-state index contributed by atoms with van der Waals surface area (Å²) in [5, 5.41) is 3.07. The number of fused-ring (bicyclic) bond motifs is 1. The lowest BCUT2D eigenvalue weighted by atomic mass is 10.3. The SMILES string of the molecule is COC(=O)C(C)Nc1cccc2nccn12. The van der Waals surface area contributed by atoms with Crippen molar-refractivity contribution in [2.75, 3.05) is 12.4 Å². The lowest BCUT2D eigenvalue weighted by Gasteiger charge is -2.13. The Morgan fingerprint density at radius 1 is 1.56 bits per heavy atom. The summed E-state index contributed by atoms with van der Waals surface area (Å²) in [6, 6.07) is 5.27. The van der Waals surface area contributed by atoms with Crippen LogP contribution in [-0.2, 0) is 9.53 Å². The molecule has 0 aliphatic carbocycles. The first kappa shape index (κ1) is 10.5. The lowest BCUT2D eigenvalue weighted by Crippen LogP contribution is -2.28. The minimum Gasteiger partial charge on any atom is -0.467 e. The molecule has 0 bridgehead atoms. The second-order valence-electron chi connectivity index (χ2n) is 3.46. The second-order valence-corrected chi connectivity index (χ2v) is 3.46. The summed E-state index contributed by atoms with van der Waals surface area (Å²) in [5.41, 5.74) is 0.835. The maximum absolute atomic E-state index is 11.3. The Labute approximate surface area is 93.1 Å². The van der Waals surface area contributed by atoms with E-state index < -0.39 is 6.04 Å². The van der Waals surface area contributed by atoms with Gasteiger partial charge in [-0.3, -0.25) is 4.40 Å². The molecule has 0 saturated heterocycles. The zero-order valence-corrected chi connectivity index (χ0v) is 9.18. The summed E-state index contributed by atoms with van der Waals surface area (Å²) >= 11 is 0. The molecule has 1 unspecified atom stereocenters. The Morgan fingerprint density at radius 2 is 2.38 bits per heavy atom. The van der Waals surface area contributed by atoms with Crippen LogP contribution in [-0.4, -0.2) is 28.5 Å². The Hall–Kier alpha value is -2.04. The summed E-state index contributed by atoms with van der Waals surface area (Å²) in [4.78, 5) is 15.4. The molecule has 16 heavy (non-hydrogen) atoms. The van der Waals surface area contributed by atoms with Crippen LogP contribution in [0.3, 0.4) is 0 Å². The number of anilines is 1. The summed E-state index contributed by atoms with van der Waals surface area (Å²) < 4.78 is 6.53. The molecule has 0 amide bonds.